The number of carbonyl (C=O) groups is 2. The molecule has 2 amide bonds. The number of anilines is 2. The molecule has 1 heterocycles. The van der Waals surface area contributed by atoms with Crippen LogP contribution in [0, 0.1) is 13.8 Å². The van der Waals surface area contributed by atoms with Crippen molar-refractivity contribution < 1.29 is 14.1 Å². The van der Waals surface area contributed by atoms with Gasteiger partial charge in [-0.1, -0.05) is 30.3 Å². The third-order valence-electron chi connectivity index (χ3n) is 3.58. The zero-order valence-corrected chi connectivity index (χ0v) is 13.8. The highest BCUT2D eigenvalue weighted by Gasteiger charge is 2.20. The van der Waals surface area contributed by atoms with Crippen LogP contribution in [-0.4, -0.2) is 23.5 Å². The summed E-state index contributed by atoms with van der Waals surface area (Å²) in [6.45, 7) is 6.99. The number of amides is 2. The van der Waals surface area contributed by atoms with Gasteiger partial charge in [0, 0.05) is 18.7 Å². The first kappa shape index (κ1) is 16.7. The monoisotopic (exact) mass is 315 g/mol. The lowest BCUT2D eigenvalue weighted by molar-refractivity contribution is -0.120. The summed E-state index contributed by atoms with van der Waals surface area (Å²) in [5.74, 6) is 0.378. The van der Waals surface area contributed by atoms with Crippen LogP contribution in [0.2, 0.25) is 0 Å². The van der Waals surface area contributed by atoms with Gasteiger partial charge in [0.25, 0.3) is 0 Å². The van der Waals surface area contributed by atoms with Crippen molar-refractivity contribution in [3.63, 3.8) is 0 Å². The fourth-order valence-corrected chi connectivity index (χ4v) is 2.36. The number of benzene rings is 1. The Bertz CT molecular complexity index is 722. The van der Waals surface area contributed by atoms with Crippen molar-refractivity contribution in [2.45, 2.75) is 34.1 Å². The number of nitrogens with zero attached hydrogens (tertiary/aromatic N) is 2. The molecule has 0 saturated heterocycles. The van der Waals surface area contributed by atoms with Gasteiger partial charge in [-0.05, 0) is 31.4 Å². The summed E-state index contributed by atoms with van der Waals surface area (Å²) < 4.78 is 4.98. The van der Waals surface area contributed by atoms with Gasteiger partial charge in [-0.3, -0.25) is 14.5 Å². The molecule has 0 aliphatic rings. The molecule has 1 aromatic carbocycles. The fourth-order valence-electron chi connectivity index (χ4n) is 2.36. The number of aromatic nitrogens is 1. The van der Waals surface area contributed by atoms with E-state index in [2.05, 4.69) is 10.5 Å². The molecule has 1 N–H and O–H groups in total. The number of carbonyl (C=O) groups excluding carboxylic acids is 2. The molecule has 0 radical (unpaired) electrons. The summed E-state index contributed by atoms with van der Waals surface area (Å²) in [6, 6.07) is 7.51. The highest BCUT2D eigenvalue weighted by Crippen LogP contribution is 2.21. The predicted octanol–water partition coefficient (Wildman–Crippen LogP) is 2.85. The number of hydrogen-bond acceptors (Lipinski definition) is 4. The lowest BCUT2D eigenvalue weighted by Gasteiger charge is -2.18. The van der Waals surface area contributed by atoms with Crippen LogP contribution in [-0.2, 0) is 16.0 Å². The second kappa shape index (κ2) is 7.09. The van der Waals surface area contributed by atoms with E-state index in [1.54, 1.807) is 13.0 Å². The van der Waals surface area contributed by atoms with E-state index in [0.717, 1.165) is 23.2 Å². The van der Waals surface area contributed by atoms with Crippen molar-refractivity contribution in [2.75, 3.05) is 16.8 Å². The van der Waals surface area contributed by atoms with Gasteiger partial charge in [0.05, 0.1) is 0 Å². The van der Waals surface area contributed by atoms with Crippen LogP contribution in [0.3, 0.4) is 0 Å². The van der Waals surface area contributed by atoms with Crippen LogP contribution in [0.4, 0.5) is 11.5 Å². The van der Waals surface area contributed by atoms with E-state index in [9.17, 15) is 9.59 Å². The van der Waals surface area contributed by atoms with Gasteiger partial charge in [0.2, 0.25) is 11.8 Å². The minimum atomic E-state index is -0.273. The van der Waals surface area contributed by atoms with Crippen molar-refractivity contribution in [3.05, 3.63) is 41.2 Å². The first-order chi connectivity index (χ1) is 10.9. The van der Waals surface area contributed by atoms with E-state index in [1.807, 2.05) is 32.0 Å². The molecule has 0 aliphatic heterocycles. The highest BCUT2D eigenvalue weighted by molar-refractivity contribution is 6.01. The van der Waals surface area contributed by atoms with Gasteiger partial charge in [-0.2, -0.15) is 0 Å². The molecule has 0 saturated carbocycles. The molecule has 6 heteroatoms. The van der Waals surface area contributed by atoms with Gasteiger partial charge >= 0.3 is 0 Å². The minimum Gasteiger partial charge on any atom is -0.360 e. The van der Waals surface area contributed by atoms with Crippen molar-refractivity contribution in [2.24, 2.45) is 0 Å². The van der Waals surface area contributed by atoms with Crippen LogP contribution >= 0.6 is 0 Å². The molecule has 2 aromatic rings. The molecule has 23 heavy (non-hydrogen) atoms. The van der Waals surface area contributed by atoms with E-state index in [1.165, 1.54) is 11.8 Å². The van der Waals surface area contributed by atoms with Crippen LogP contribution in [0.5, 0.6) is 0 Å². The molecule has 1 aromatic heterocycles. The van der Waals surface area contributed by atoms with Crippen LogP contribution in [0.1, 0.15) is 30.7 Å². The highest BCUT2D eigenvalue weighted by atomic mass is 16.5. The minimum absolute atomic E-state index is 0.112. The summed E-state index contributed by atoms with van der Waals surface area (Å²) in [6.07, 6.45) is 0.816. The Morgan fingerprint density at radius 3 is 2.61 bits per heavy atom. The molecule has 0 fully saturated rings. The molecule has 2 rings (SSSR count). The zero-order chi connectivity index (χ0) is 17.0. The van der Waals surface area contributed by atoms with Gasteiger partial charge in [0.1, 0.15) is 12.3 Å². The maximum Gasteiger partial charge on any atom is 0.244 e. The number of aryl methyl sites for hydroxylation is 3. The lowest BCUT2D eigenvalue weighted by Crippen LogP contribution is -2.37. The summed E-state index contributed by atoms with van der Waals surface area (Å²) in [5.41, 5.74) is 2.86. The van der Waals surface area contributed by atoms with E-state index in [-0.39, 0.29) is 18.4 Å². The normalized spacial score (nSPS) is 10.4. The summed E-state index contributed by atoms with van der Waals surface area (Å²) in [4.78, 5) is 25.4. The first-order valence-electron chi connectivity index (χ1n) is 7.52. The molecule has 0 atom stereocenters. The SMILES string of the molecule is CCc1cccc(C)c1NC(=O)CN(C(C)=O)c1cc(C)on1. The van der Waals surface area contributed by atoms with Crippen molar-refractivity contribution in [1.29, 1.82) is 0 Å². The molecule has 122 valence electrons. The van der Waals surface area contributed by atoms with Crippen molar-refractivity contribution >= 4 is 23.3 Å². The standard InChI is InChI=1S/C17H21N3O3/c1-5-14-8-6-7-11(2)17(14)18-16(22)10-20(13(4)21)15-9-12(3)23-19-15/h6-9H,5,10H2,1-4H3,(H,18,22). The Morgan fingerprint density at radius 1 is 1.30 bits per heavy atom. The Labute approximate surface area is 135 Å². The molecule has 0 spiro atoms. The van der Waals surface area contributed by atoms with Gasteiger partial charge in [0.15, 0.2) is 5.82 Å². The summed E-state index contributed by atoms with van der Waals surface area (Å²) >= 11 is 0. The van der Waals surface area contributed by atoms with E-state index >= 15 is 0 Å². The van der Waals surface area contributed by atoms with Gasteiger partial charge in [-0.15, -0.1) is 0 Å². The number of para-hydroxylation sites is 1. The Kier molecular flexibility index (Phi) is 5.16. The third kappa shape index (κ3) is 3.97. The summed E-state index contributed by atoms with van der Waals surface area (Å²) in [5, 5.41) is 6.70. The topological polar surface area (TPSA) is 75.4 Å². The van der Waals surface area contributed by atoms with Crippen LogP contribution in [0.15, 0.2) is 28.8 Å². The Balaban J connectivity index is 2.16. The number of nitrogens with one attached hydrogen (secondary N) is 1. The smallest absolute Gasteiger partial charge is 0.244 e. The zero-order valence-electron chi connectivity index (χ0n) is 13.8. The van der Waals surface area contributed by atoms with E-state index in [0.29, 0.717) is 11.6 Å². The van der Waals surface area contributed by atoms with Crippen LogP contribution < -0.4 is 10.2 Å². The molecule has 0 bridgehead atoms. The second-order valence-corrected chi connectivity index (χ2v) is 5.41. The third-order valence-corrected chi connectivity index (χ3v) is 3.58. The molecule has 6 nitrogen and oxygen atoms in total. The van der Waals surface area contributed by atoms with Crippen molar-refractivity contribution in [3.8, 4) is 0 Å². The van der Waals surface area contributed by atoms with E-state index < -0.39 is 0 Å². The fraction of sp³-hybridized carbons (Fsp3) is 0.353. The number of hydrogen-bond donors (Lipinski definition) is 1. The van der Waals surface area contributed by atoms with Crippen LogP contribution in [0.25, 0.3) is 0 Å². The van der Waals surface area contributed by atoms with Crippen molar-refractivity contribution in [1.82, 2.24) is 5.16 Å². The quantitative estimate of drug-likeness (QED) is 0.920. The maximum atomic E-state index is 12.4. The van der Waals surface area contributed by atoms with Gasteiger partial charge in [-0.25, -0.2) is 0 Å². The molecule has 0 unspecified atom stereocenters. The number of rotatable bonds is 5. The molecular weight excluding hydrogens is 294 g/mol. The largest absolute Gasteiger partial charge is 0.360 e. The van der Waals surface area contributed by atoms with Gasteiger partial charge < -0.3 is 9.84 Å². The second-order valence-electron chi connectivity index (χ2n) is 5.41. The average molecular weight is 315 g/mol. The molecular formula is C17H21N3O3. The summed E-state index contributed by atoms with van der Waals surface area (Å²) in [7, 11) is 0. The maximum absolute atomic E-state index is 12.4. The average Bonchev–Trinajstić information content (AvgIpc) is 2.92. The first-order valence-corrected chi connectivity index (χ1v) is 7.52. The Morgan fingerprint density at radius 2 is 2.04 bits per heavy atom. The van der Waals surface area contributed by atoms with E-state index in [4.69, 9.17) is 4.52 Å². The lowest BCUT2D eigenvalue weighted by atomic mass is 10.1. The molecule has 0 aliphatic carbocycles. The Hall–Kier alpha value is -2.63. The predicted molar refractivity (Wildman–Crippen MR) is 88.5 cm³/mol.